The van der Waals surface area contributed by atoms with Crippen molar-refractivity contribution in [3.63, 3.8) is 0 Å². The number of rotatable bonds is 4. The number of likely N-dealkylation sites (N-methyl/N-ethyl adjacent to an activating group) is 1. The number of benzene rings is 1. The number of hydrogen-bond acceptors (Lipinski definition) is 4. The lowest BCUT2D eigenvalue weighted by molar-refractivity contribution is 0.0203. The number of hydrogen-bond donors (Lipinski definition) is 4. The number of H-pyrrole nitrogens is 1. The van der Waals surface area contributed by atoms with Crippen molar-refractivity contribution in [3.05, 3.63) is 46.2 Å². The highest BCUT2D eigenvalue weighted by molar-refractivity contribution is 5.78. The van der Waals surface area contributed by atoms with Crippen LogP contribution in [0.1, 0.15) is 11.7 Å². The zero-order chi connectivity index (χ0) is 13.1. The predicted octanol–water partition coefficient (Wildman–Crippen LogP) is 0.142. The van der Waals surface area contributed by atoms with Crippen LogP contribution in [-0.2, 0) is 0 Å². The molecular formula is C13H16N2O3. The maximum Gasteiger partial charge on any atom is 0.189 e. The Balaban J connectivity index is 2.40. The molecule has 2 rings (SSSR count). The third kappa shape index (κ3) is 2.43. The summed E-state index contributed by atoms with van der Waals surface area (Å²) in [6.45, 7) is 0.282. The molecule has 0 aliphatic carbocycles. The third-order valence-corrected chi connectivity index (χ3v) is 2.90. The normalized spacial score (nSPS) is 14.6. The monoisotopic (exact) mass is 248 g/mol. The van der Waals surface area contributed by atoms with Gasteiger partial charge in [0.2, 0.25) is 0 Å². The van der Waals surface area contributed by atoms with Crippen molar-refractivity contribution >= 4 is 10.9 Å². The van der Waals surface area contributed by atoms with E-state index in [2.05, 4.69) is 10.3 Å². The summed E-state index contributed by atoms with van der Waals surface area (Å²) < 4.78 is 0. The van der Waals surface area contributed by atoms with E-state index >= 15 is 0 Å². The maximum atomic E-state index is 11.7. The largest absolute Gasteiger partial charge is 0.389 e. The van der Waals surface area contributed by atoms with Crippen LogP contribution in [0.3, 0.4) is 0 Å². The molecule has 1 aromatic carbocycles. The Morgan fingerprint density at radius 1 is 1.33 bits per heavy atom. The van der Waals surface area contributed by atoms with Crippen LogP contribution in [0.2, 0.25) is 0 Å². The number of fused-ring (bicyclic) bond motifs is 1. The van der Waals surface area contributed by atoms with Gasteiger partial charge in [0.1, 0.15) is 6.10 Å². The molecule has 5 heteroatoms. The number of nitrogens with one attached hydrogen (secondary N) is 2. The van der Waals surface area contributed by atoms with Crippen molar-refractivity contribution in [3.8, 4) is 0 Å². The van der Waals surface area contributed by atoms with Crippen LogP contribution in [0.15, 0.2) is 35.3 Å². The first-order valence-corrected chi connectivity index (χ1v) is 5.75. The molecular weight excluding hydrogens is 232 g/mol. The van der Waals surface area contributed by atoms with Crippen molar-refractivity contribution in [2.45, 2.75) is 12.2 Å². The molecule has 0 aliphatic heterocycles. The molecule has 0 fully saturated rings. The molecule has 1 aromatic heterocycles. The van der Waals surface area contributed by atoms with Crippen molar-refractivity contribution in [2.24, 2.45) is 0 Å². The van der Waals surface area contributed by atoms with E-state index in [-0.39, 0.29) is 12.0 Å². The van der Waals surface area contributed by atoms with Gasteiger partial charge in [0.15, 0.2) is 5.43 Å². The number of aliphatic hydroxyl groups excluding tert-OH is 2. The first kappa shape index (κ1) is 12.8. The van der Waals surface area contributed by atoms with E-state index in [4.69, 9.17) is 0 Å². The van der Waals surface area contributed by atoms with E-state index in [0.29, 0.717) is 16.5 Å². The average Bonchev–Trinajstić information content (AvgIpc) is 2.38. The fourth-order valence-electron chi connectivity index (χ4n) is 1.92. The molecule has 2 unspecified atom stereocenters. The van der Waals surface area contributed by atoms with Gasteiger partial charge in [-0.1, -0.05) is 6.07 Å². The first-order valence-electron chi connectivity index (χ1n) is 5.75. The second kappa shape index (κ2) is 5.30. The molecule has 2 aromatic rings. The van der Waals surface area contributed by atoms with Crippen LogP contribution >= 0.6 is 0 Å². The molecule has 0 saturated heterocycles. The van der Waals surface area contributed by atoms with Gasteiger partial charge in [-0.25, -0.2) is 0 Å². The number of aromatic amines is 1. The fraction of sp³-hybridized carbons (Fsp3) is 0.308. The SMILES string of the molecule is CNCC(O)C(O)c1ccc2[nH]ccc(=O)c2c1. The first-order chi connectivity index (χ1) is 8.63. The minimum atomic E-state index is -1.01. The number of pyridine rings is 1. The van der Waals surface area contributed by atoms with Gasteiger partial charge in [0, 0.05) is 29.7 Å². The molecule has 5 nitrogen and oxygen atoms in total. The molecule has 18 heavy (non-hydrogen) atoms. The van der Waals surface area contributed by atoms with Gasteiger partial charge in [0.05, 0.1) is 6.10 Å². The number of aliphatic hydroxyl groups is 2. The van der Waals surface area contributed by atoms with Crippen molar-refractivity contribution in [1.29, 1.82) is 0 Å². The zero-order valence-corrected chi connectivity index (χ0v) is 10.1. The fourth-order valence-corrected chi connectivity index (χ4v) is 1.92. The molecule has 1 heterocycles. The van der Waals surface area contributed by atoms with E-state index in [1.165, 1.54) is 6.07 Å². The van der Waals surface area contributed by atoms with E-state index in [1.807, 2.05) is 0 Å². The Morgan fingerprint density at radius 3 is 2.83 bits per heavy atom. The lowest BCUT2D eigenvalue weighted by Gasteiger charge is -2.18. The third-order valence-electron chi connectivity index (χ3n) is 2.90. The van der Waals surface area contributed by atoms with Gasteiger partial charge in [-0.3, -0.25) is 4.79 Å². The van der Waals surface area contributed by atoms with Crippen molar-refractivity contribution < 1.29 is 10.2 Å². The number of aromatic nitrogens is 1. The molecule has 0 aliphatic rings. The van der Waals surface area contributed by atoms with Gasteiger partial charge in [-0.2, -0.15) is 0 Å². The average molecular weight is 248 g/mol. The highest BCUT2D eigenvalue weighted by Gasteiger charge is 2.18. The van der Waals surface area contributed by atoms with Crippen molar-refractivity contribution in [2.75, 3.05) is 13.6 Å². The van der Waals surface area contributed by atoms with E-state index in [0.717, 1.165) is 0 Å². The Kier molecular flexibility index (Phi) is 3.76. The minimum absolute atomic E-state index is 0.110. The van der Waals surface area contributed by atoms with Crippen LogP contribution in [0.25, 0.3) is 10.9 Å². The maximum absolute atomic E-state index is 11.7. The predicted molar refractivity (Wildman–Crippen MR) is 69.5 cm³/mol. The molecule has 0 amide bonds. The van der Waals surface area contributed by atoms with Crippen LogP contribution in [0.4, 0.5) is 0 Å². The van der Waals surface area contributed by atoms with Crippen LogP contribution in [-0.4, -0.2) is 34.9 Å². The van der Waals surface area contributed by atoms with Crippen LogP contribution < -0.4 is 10.7 Å². The van der Waals surface area contributed by atoms with Crippen molar-refractivity contribution in [1.82, 2.24) is 10.3 Å². The minimum Gasteiger partial charge on any atom is -0.389 e. The van der Waals surface area contributed by atoms with Gasteiger partial charge in [-0.15, -0.1) is 0 Å². The second-order valence-corrected chi connectivity index (χ2v) is 4.22. The summed E-state index contributed by atoms with van der Waals surface area (Å²) >= 11 is 0. The van der Waals surface area contributed by atoms with Gasteiger partial charge in [-0.05, 0) is 24.7 Å². The Labute approximate surface area is 104 Å². The second-order valence-electron chi connectivity index (χ2n) is 4.22. The van der Waals surface area contributed by atoms with Crippen LogP contribution in [0.5, 0.6) is 0 Å². The molecule has 2 atom stereocenters. The van der Waals surface area contributed by atoms with E-state index in [9.17, 15) is 15.0 Å². The smallest absolute Gasteiger partial charge is 0.189 e. The summed E-state index contributed by atoms with van der Waals surface area (Å²) in [6.07, 6.45) is -0.340. The Morgan fingerprint density at radius 2 is 2.11 bits per heavy atom. The topological polar surface area (TPSA) is 85.3 Å². The highest BCUT2D eigenvalue weighted by atomic mass is 16.3. The molecule has 0 radical (unpaired) electrons. The summed E-state index contributed by atoms with van der Waals surface area (Å²) in [5, 5.41) is 23.0. The zero-order valence-electron chi connectivity index (χ0n) is 10.1. The quantitative estimate of drug-likeness (QED) is 0.620. The molecule has 4 N–H and O–H groups in total. The molecule has 0 bridgehead atoms. The Bertz CT molecular complexity index is 594. The van der Waals surface area contributed by atoms with E-state index < -0.39 is 12.2 Å². The standard InChI is InChI=1S/C13H16N2O3/c1-14-7-12(17)13(18)8-2-3-10-9(6-8)11(16)4-5-15-10/h2-6,12-14,17-18H,7H2,1H3,(H,15,16). The summed E-state index contributed by atoms with van der Waals surface area (Å²) in [5.74, 6) is 0. The van der Waals surface area contributed by atoms with Gasteiger partial charge in [0.25, 0.3) is 0 Å². The molecule has 0 saturated carbocycles. The lowest BCUT2D eigenvalue weighted by Crippen LogP contribution is -2.29. The Hall–Kier alpha value is -1.69. The molecule has 0 spiro atoms. The summed E-state index contributed by atoms with van der Waals surface area (Å²) in [4.78, 5) is 14.6. The van der Waals surface area contributed by atoms with E-state index in [1.54, 1.807) is 31.4 Å². The molecule has 96 valence electrons. The summed E-state index contributed by atoms with van der Waals surface area (Å²) in [6, 6.07) is 6.46. The summed E-state index contributed by atoms with van der Waals surface area (Å²) in [7, 11) is 1.70. The van der Waals surface area contributed by atoms with Gasteiger partial charge < -0.3 is 20.5 Å². The lowest BCUT2D eigenvalue weighted by atomic mass is 10.0. The highest BCUT2D eigenvalue weighted by Crippen LogP contribution is 2.19. The summed E-state index contributed by atoms with van der Waals surface area (Å²) in [5.41, 5.74) is 1.13. The van der Waals surface area contributed by atoms with Crippen LogP contribution in [0, 0.1) is 0 Å². The van der Waals surface area contributed by atoms with Gasteiger partial charge >= 0.3 is 0 Å².